The van der Waals surface area contributed by atoms with Gasteiger partial charge in [-0.15, -0.1) is 11.8 Å². The molecule has 1 N–H and O–H groups in total. The molecule has 1 heterocycles. The number of hydrogen-bond donors (Lipinski definition) is 1. The van der Waals surface area contributed by atoms with Crippen LogP contribution in [0.25, 0.3) is 0 Å². The van der Waals surface area contributed by atoms with Crippen LogP contribution in [0.2, 0.25) is 5.02 Å². The van der Waals surface area contributed by atoms with Gasteiger partial charge in [-0.1, -0.05) is 39.3 Å². The van der Waals surface area contributed by atoms with Crippen LogP contribution < -0.4 is 0 Å². The Hall–Kier alpha value is -0.350. The van der Waals surface area contributed by atoms with Gasteiger partial charge in [-0.3, -0.25) is 0 Å². The number of nitrogens with zero attached hydrogens (tertiary/aromatic N) is 2. The third kappa shape index (κ3) is 3.81. The van der Waals surface area contributed by atoms with Gasteiger partial charge < -0.3 is 5.11 Å². The first-order valence-electron chi connectivity index (χ1n) is 5.86. The second kappa shape index (κ2) is 5.53. The molecule has 0 aromatic carbocycles. The monoisotopic (exact) mass is 276 g/mol. The van der Waals surface area contributed by atoms with E-state index in [1.807, 2.05) is 6.92 Å². The van der Waals surface area contributed by atoms with Crippen LogP contribution in [0.15, 0.2) is 0 Å². The summed E-state index contributed by atoms with van der Waals surface area (Å²) in [4.78, 5) is 0. The van der Waals surface area contributed by atoms with Gasteiger partial charge in [0, 0.05) is 10.5 Å². The quantitative estimate of drug-likeness (QED) is 0.894. The van der Waals surface area contributed by atoms with Crippen molar-refractivity contribution in [2.24, 2.45) is 0 Å². The summed E-state index contributed by atoms with van der Waals surface area (Å²) < 4.78 is 1.78. The molecule has 98 valence electrons. The minimum atomic E-state index is 0.0884. The maximum absolute atomic E-state index is 9.91. The molecule has 0 saturated carbocycles. The fourth-order valence-corrected chi connectivity index (χ4v) is 2.35. The molecule has 1 rings (SSSR count). The van der Waals surface area contributed by atoms with E-state index in [0.29, 0.717) is 5.02 Å². The molecule has 0 bridgehead atoms. The van der Waals surface area contributed by atoms with Crippen molar-refractivity contribution < 1.29 is 5.11 Å². The van der Waals surface area contributed by atoms with E-state index in [1.165, 1.54) is 0 Å². The Morgan fingerprint density at radius 2 is 2.06 bits per heavy atom. The van der Waals surface area contributed by atoms with E-state index in [0.717, 1.165) is 17.9 Å². The highest BCUT2D eigenvalue weighted by Crippen LogP contribution is 2.35. The fourth-order valence-electron chi connectivity index (χ4n) is 1.31. The summed E-state index contributed by atoms with van der Waals surface area (Å²) in [7, 11) is 0. The van der Waals surface area contributed by atoms with Gasteiger partial charge in [0.1, 0.15) is 5.02 Å². The van der Waals surface area contributed by atoms with Crippen LogP contribution in [0.5, 0.6) is 5.88 Å². The maximum Gasteiger partial charge on any atom is 0.229 e. The van der Waals surface area contributed by atoms with Crippen molar-refractivity contribution in [2.75, 3.05) is 0 Å². The summed E-state index contributed by atoms with van der Waals surface area (Å²) >= 11 is 7.87. The van der Waals surface area contributed by atoms with Crippen molar-refractivity contribution in [3.63, 3.8) is 0 Å². The maximum atomic E-state index is 9.91. The van der Waals surface area contributed by atoms with Gasteiger partial charge in [0.15, 0.2) is 0 Å². The second-order valence-electron chi connectivity index (χ2n) is 5.19. The molecule has 0 aliphatic rings. The topological polar surface area (TPSA) is 38.0 Å². The highest BCUT2D eigenvalue weighted by molar-refractivity contribution is 7.99. The Bertz CT molecular complexity index is 385. The Morgan fingerprint density at radius 3 is 2.53 bits per heavy atom. The number of aromatic hydroxyl groups is 1. The standard InChI is InChI=1S/C12H21ClN2OS/c1-6-8(2)15-11(16)10(13)9(14-15)7-17-12(3,4)5/h8,16H,6-7H2,1-5H3. The first-order chi connectivity index (χ1) is 7.76. The van der Waals surface area contributed by atoms with E-state index in [9.17, 15) is 5.11 Å². The molecule has 1 aromatic heterocycles. The zero-order valence-electron chi connectivity index (χ0n) is 11.1. The molecule has 0 spiro atoms. The number of aromatic nitrogens is 2. The lowest BCUT2D eigenvalue weighted by atomic mass is 10.3. The Balaban J connectivity index is 2.88. The minimum Gasteiger partial charge on any atom is -0.492 e. The van der Waals surface area contributed by atoms with Crippen LogP contribution in [-0.2, 0) is 5.75 Å². The van der Waals surface area contributed by atoms with Crippen molar-refractivity contribution in [3.05, 3.63) is 10.7 Å². The molecule has 0 aliphatic carbocycles. The Labute approximate surface area is 113 Å². The lowest BCUT2D eigenvalue weighted by Crippen LogP contribution is -2.08. The lowest BCUT2D eigenvalue weighted by Gasteiger charge is -2.16. The molecule has 1 unspecified atom stereocenters. The lowest BCUT2D eigenvalue weighted by molar-refractivity contribution is 0.361. The van der Waals surface area contributed by atoms with Gasteiger partial charge in [0.25, 0.3) is 0 Å². The van der Waals surface area contributed by atoms with Crippen LogP contribution in [0.1, 0.15) is 52.8 Å². The summed E-state index contributed by atoms with van der Waals surface area (Å²) in [5.41, 5.74) is 0.768. The largest absolute Gasteiger partial charge is 0.492 e. The molecule has 5 heteroatoms. The summed E-state index contributed by atoms with van der Waals surface area (Å²) in [5, 5.41) is 14.7. The highest BCUT2D eigenvalue weighted by atomic mass is 35.5. The smallest absolute Gasteiger partial charge is 0.229 e. The summed E-state index contributed by atoms with van der Waals surface area (Å²) in [5.74, 6) is 0.810. The molecule has 1 aromatic rings. The van der Waals surface area contributed by atoms with Gasteiger partial charge in [-0.2, -0.15) is 5.10 Å². The van der Waals surface area contributed by atoms with E-state index in [-0.39, 0.29) is 16.7 Å². The van der Waals surface area contributed by atoms with Gasteiger partial charge in [0.05, 0.1) is 11.7 Å². The zero-order chi connectivity index (χ0) is 13.2. The Morgan fingerprint density at radius 1 is 1.47 bits per heavy atom. The third-order valence-corrected chi connectivity index (χ3v) is 4.22. The highest BCUT2D eigenvalue weighted by Gasteiger charge is 2.20. The molecule has 0 amide bonds. The van der Waals surface area contributed by atoms with Gasteiger partial charge in [-0.05, 0) is 13.3 Å². The molecule has 17 heavy (non-hydrogen) atoms. The van der Waals surface area contributed by atoms with Gasteiger partial charge in [0.2, 0.25) is 5.88 Å². The number of halogens is 1. The van der Waals surface area contributed by atoms with Crippen LogP contribution in [0, 0.1) is 0 Å². The van der Waals surface area contributed by atoms with E-state index < -0.39 is 0 Å². The molecule has 0 fully saturated rings. The van der Waals surface area contributed by atoms with Crippen molar-refractivity contribution in [2.45, 2.75) is 57.6 Å². The van der Waals surface area contributed by atoms with Gasteiger partial charge >= 0.3 is 0 Å². The molecule has 1 atom stereocenters. The number of rotatable bonds is 4. The molecule has 0 saturated heterocycles. The molecule has 0 aliphatic heterocycles. The van der Waals surface area contributed by atoms with Crippen molar-refractivity contribution in [1.29, 1.82) is 0 Å². The average molecular weight is 277 g/mol. The van der Waals surface area contributed by atoms with Crippen LogP contribution >= 0.6 is 23.4 Å². The van der Waals surface area contributed by atoms with Crippen LogP contribution in [0.3, 0.4) is 0 Å². The first-order valence-corrected chi connectivity index (χ1v) is 7.22. The van der Waals surface area contributed by atoms with E-state index in [4.69, 9.17) is 11.6 Å². The van der Waals surface area contributed by atoms with E-state index in [2.05, 4.69) is 32.8 Å². The molecular weight excluding hydrogens is 256 g/mol. The molecular formula is C12H21ClN2OS. The second-order valence-corrected chi connectivity index (χ2v) is 7.37. The Kier molecular flexibility index (Phi) is 4.78. The van der Waals surface area contributed by atoms with E-state index >= 15 is 0 Å². The van der Waals surface area contributed by atoms with Crippen LogP contribution in [-0.4, -0.2) is 19.6 Å². The predicted octanol–water partition coefficient (Wildman–Crippen LogP) is 4.24. The molecule has 0 radical (unpaired) electrons. The minimum absolute atomic E-state index is 0.0884. The molecule has 3 nitrogen and oxygen atoms in total. The summed E-state index contributed by atoms with van der Waals surface area (Å²) in [6.07, 6.45) is 0.914. The zero-order valence-corrected chi connectivity index (χ0v) is 12.7. The van der Waals surface area contributed by atoms with Crippen molar-refractivity contribution >= 4 is 23.4 Å². The van der Waals surface area contributed by atoms with Gasteiger partial charge in [-0.25, -0.2) is 4.68 Å². The van der Waals surface area contributed by atoms with Crippen molar-refractivity contribution in [1.82, 2.24) is 9.78 Å². The fraction of sp³-hybridized carbons (Fsp3) is 0.750. The first kappa shape index (κ1) is 14.7. The average Bonchev–Trinajstić information content (AvgIpc) is 2.52. The predicted molar refractivity (Wildman–Crippen MR) is 75.0 cm³/mol. The van der Waals surface area contributed by atoms with E-state index in [1.54, 1.807) is 16.4 Å². The SMILES string of the molecule is CCC(C)n1nc(CSC(C)(C)C)c(Cl)c1O. The normalized spacial score (nSPS) is 14.0. The number of thioether (sulfide) groups is 1. The summed E-state index contributed by atoms with van der Waals surface area (Å²) in [6, 6.07) is 0.167. The summed E-state index contributed by atoms with van der Waals surface area (Å²) in [6.45, 7) is 10.5. The van der Waals surface area contributed by atoms with Crippen LogP contribution in [0.4, 0.5) is 0 Å². The third-order valence-electron chi connectivity index (χ3n) is 2.55. The van der Waals surface area contributed by atoms with Crippen molar-refractivity contribution in [3.8, 4) is 5.88 Å². The number of hydrogen-bond acceptors (Lipinski definition) is 3.